The Balaban J connectivity index is 3.78. The molecule has 1 aromatic carbocycles. The van der Waals surface area contributed by atoms with E-state index in [1.54, 1.807) is 0 Å². The Morgan fingerprint density at radius 1 is 1.25 bits per heavy atom. The molecular weight excluding hydrogens is 276 g/mol. The largest absolute Gasteiger partial charge is 0.507 e. The molecule has 90 valence electrons. The monoisotopic (exact) mass is 278 g/mol. The van der Waals surface area contributed by atoms with Gasteiger partial charge in [0.15, 0.2) is 0 Å². The van der Waals surface area contributed by atoms with Crippen molar-refractivity contribution in [2.45, 2.75) is 11.1 Å². The first-order valence-corrected chi connectivity index (χ1v) is 5.89. The van der Waals surface area contributed by atoms with E-state index in [0.29, 0.717) is 12.1 Å². The SMILES string of the molecule is O=S(=O)(Cl)c1c(O)ccc(F)c1C(F)(F)F. The van der Waals surface area contributed by atoms with Crippen molar-refractivity contribution in [1.82, 2.24) is 0 Å². The van der Waals surface area contributed by atoms with Crippen LogP contribution >= 0.6 is 10.7 Å². The molecule has 0 aromatic heterocycles. The number of hydrogen-bond acceptors (Lipinski definition) is 3. The van der Waals surface area contributed by atoms with E-state index in [9.17, 15) is 26.0 Å². The molecule has 0 aliphatic heterocycles. The van der Waals surface area contributed by atoms with Gasteiger partial charge in [-0.15, -0.1) is 0 Å². The summed E-state index contributed by atoms with van der Waals surface area (Å²) in [6.45, 7) is 0. The molecule has 0 saturated carbocycles. The summed E-state index contributed by atoms with van der Waals surface area (Å²) in [5.41, 5.74) is -2.11. The van der Waals surface area contributed by atoms with Crippen molar-refractivity contribution < 1.29 is 31.1 Å². The lowest BCUT2D eigenvalue weighted by molar-refractivity contribution is -0.142. The third-order valence-electron chi connectivity index (χ3n) is 1.61. The zero-order valence-electron chi connectivity index (χ0n) is 7.22. The Kier molecular flexibility index (Phi) is 3.08. The zero-order chi connectivity index (χ0) is 12.7. The van der Waals surface area contributed by atoms with Crippen molar-refractivity contribution in [2.75, 3.05) is 0 Å². The average molecular weight is 279 g/mol. The number of phenols is 1. The maximum atomic E-state index is 12.9. The molecule has 0 amide bonds. The first kappa shape index (κ1) is 13.0. The van der Waals surface area contributed by atoms with Crippen LogP contribution in [0.4, 0.5) is 17.6 Å². The Morgan fingerprint density at radius 2 is 1.75 bits per heavy atom. The molecule has 1 N–H and O–H groups in total. The minimum absolute atomic E-state index is 0.295. The topological polar surface area (TPSA) is 54.4 Å². The van der Waals surface area contributed by atoms with Crippen LogP contribution in [0.5, 0.6) is 5.75 Å². The van der Waals surface area contributed by atoms with Crippen LogP contribution in [0.25, 0.3) is 0 Å². The molecular formula is C7H3ClF4O3S. The van der Waals surface area contributed by atoms with Crippen molar-refractivity contribution in [3.8, 4) is 5.75 Å². The van der Waals surface area contributed by atoms with Gasteiger partial charge in [0.05, 0.1) is 0 Å². The highest BCUT2D eigenvalue weighted by atomic mass is 35.7. The summed E-state index contributed by atoms with van der Waals surface area (Å²) in [6, 6.07) is 0.767. The first-order chi connectivity index (χ1) is 7.05. The molecule has 0 saturated heterocycles. The van der Waals surface area contributed by atoms with E-state index in [2.05, 4.69) is 0 Å². The summed E-state index contributed by atoms with van der Waals surface area (Å²) in [4.78, 5) is -1.68. The molecule has 0 heterocycles. The van der Waals surface area contributed by atoms with E-state index in [0.717, 1.165) is 0 Å². The minimum atomic E-state index is -5.28. The molecule has 0 aliphatic carbocycles. The normalized spacial score (nSPS) is 12.8. The third-order valence-corrected chi connectivity index (χ3v) is 2.98. The Bertz CT molecular complexity index is 523. The van der Waals surface area contributed by atoms with Crippen molar-refractivity contribution in [3.63, 3.8) is 0 Å². The highest BCUT2D eigenvalue weighted by Gasteiger charge is 2.41. The smallest absolute Gasteiger partial charge is 0.420 e. The van der Waals surface area contributed by atoms with E-state index in [1.165, 1.54) is 0 Å². The third kappa shape index (κ3) is 2.38. The second-order valence-corrected chi connectivity index (χ2v) is 5.21. The molecule has 3 nitrogen and oxygen atoms in total. The van der Waals surface area contributed by atoms with Gasteiger partial charge in [-0.05, 0) is 12.1 Å². The lowest BCUT2D eigenvalue weighted by Crippen LogP contribution is -2.13. The maximum absolute atomic E-state index is 12.9. The summed E-state index contributed by atoms with van der Waals surface area (Å²) in [6.07, 6.45) is -5.28. The Morgan fingerprint density at radius 3 is 2.06 bits per heavy atom. The minimum Gasteiger partial charge on any atom is -0.507 e. The summed E-state index contributed by atoms with van der Waals surface area (Å²) >= 11 is 0. The van der Waals surface area contributed by atoms with E-state index in [-0.39, 0.29) is 0 Å². The van der Waals surface area contributed by atoms with Crippen molar-refractivity contribution in [1.29, 1.82) is 0 Å². The number of rotatable bonds is 1. The summed E-state index contributed by atoms with van der Waals surface area (Å²) in [7, 11) is -0.215. The molecule has 0 fully saturated rings. The van der Waals surface area contributed by atoms with Gasteiger partial charge in [0.2, 0.25) is 0 Å². The van der Waals surface area contributed by atoms with Crippen LogP contribution in [-0.4, -0.2) is 13.5 Å². The van der Waals surface area contributed by atoms with Crippen LogP contribution in [0.1, 0.15) is 5.56 Å². The van der Waals surface area contributed by atoms with Crippen LogP contribution < -0.4 is 0 Å². The standard InChI is InChI=1S/C7H3ClF4O3S/c8-16(14,15)6-4(13)2-1-3(9)5(6)7(10,11)12/h1-2,13H. The van der Waals surface area contributed by atoms with Crippen LogP contribution in [0.2, 0.25) is 0 Å². The Labute approximate surface area is 91.7 Å². The second-order valence-electron chi connectivity index (χ2n) is 2.71. The van der Waals surface area contributed by atoms with Crippen LogP contribution in [0.3, 0.4) is 0 Å². The fraction of sp³-hybridized carbons (Fsp3) is 0.143. The predicted octanol–water partition coefficient (Wildman–Crippen LogP) is 2.48. The molecule has 0 bridgehead atoms. The number of benzene rings is 1. The number of alkyl halides is 3. The molecule has 16 heavy (non-hydrogen) atoms. The van der Waals surface area contributed by atoms with Crippen molar-refractivity contribution >= 4 is 19.7 Å². The maximum Gasteiger partial charge on any atom is 0.420 e. The van der Waals surface area contributed by atoms with E-state index < -0.39 is 37.3 Å². The van der Waals surface area contributed by atoms with Crippen molar-refractivity contribution in [2.24, 2.45) is 0 Å². The number of aromatic hydroxyl groups is 1. The van der Waals surface area contributed by atoms with Crippen LogP contribution in [0.15, 0.2) is 17.0 Å². The van der Waals surface area contributed by atoms with E-state index >= 15 is 0 Å². The van der Waals surface area contributed by atoms with Crippen LogP contribution in [0, 0.1) is 5.82 Å². The fourth-order valence-electron chi connectivity index (χ4n) is 1.06. The highest BCUT2D eigenvalue weighted by molar-refractivity contribution is 8.13. The molecule has 0 radical (unpaired) electrons. The molecule has 0 atom stereocenters. The lowest BCUT2D eigenvalue weighted by Gasteiger charge is -2.12. The van der Waals surface area contributed by atoms with Gasteiger partial charge in [0.25, 0.3) is 9.05 Å². The first-order valence-electron chi connectivity index (χ1n) is 3.58. The van der Waals surface area contributed by atoms with Gasteiger partial charge in [0, 0.05) is 10.7 Å². The van der Waals surface area contributed by atoms with Gasteiger partial charge < -0.3 is 5.11 Å². The van der Waals surface area contributed by atoms with Gasteiger partial charge in [-0.3, -0.25) is 0 Å². The van der Waals surface area contributed by atoms with E-state index in [1.807, 2.05) is 0 Å². The van der Waals surface area contributed by atoms with Gasteiger partial charge in [-0.1, -0.05) is 0 Å². The molecule has 0 unspecified atom stereocenters. The average Bonchev–Trinajstić information content (AvgIpc) is 2.04. The molecule has 0 aliphatic rings. The number of phenolic OH excluding ortho intramolecular Hbond substituents is 1. The van der Waals surface area contributed by atoms with Crippen molar-refractivity contribution in [3.05, 3.63) is 23.5 Å². The van der Waals surface area contributed by atoms with Gasteiger partial charge in [-0.2, -0.15) is 13.2 Å². The molecule has 1 rings (SSSR count). The Hall–Kier alpha value is -1.02. The lowest BCUT2D eigenvalue weighted by atomic mass is 10.2. The summed E-state index contributed by atoms with van der Waals surface area (Å²) < 4.78 is 71.6. The molecule has 0 spiro atoms. The summed E-state index contributed by atoms with van der Waals surface area (Å²) in [5, 5.41) is 8.98. The zero-order valence-corrected chi connectivity index (χ0v) is 8.79. The fourth-order valence-corrected chi connectivity index (χ4v) is 2.30. The summed E-state index contributed by atoms with van der Waals surface area (Å²) in [5.74, 6) is -3.09. The highest BCUT2D eigenvalue weighted by Crippen LogP contribution is 2.41. The van der Waals surface area contributed by atoms with Crippen LogP contribution in [-0.2, 0) is 15.2 Å². The number of halogens is 5. The van der Waals surface area contributed by atoms with E-state index in [4.69, 9.17) is 15.8 Å². The van der Waals surface area contributed by atoms with Gasteiger partial charge in [-0.25, -0.2) is 12.8 Å². The second kappa shape index (κ2) is 3.77. The predicted molar refractivity (Wildman–Crippen MR) is 46.1 cm³/mol. The number of hydrogen-bond donors (Lipinski definition) is 1. The van der Waals surface area contributed by atoms with Gasteiger partial charge >= 0.3 is 6.18 Å². The molecule has 1 aromatic rings. The quantitative estimate of drug-likeness (QED) is 0.634. The molecule has 9 heteroatoms. The van der Waals surface area contributed by atoms with Gasteiger partial charge in [0.1, 0.15) is 22.0 Å².